The van der Waals surface area contributed by atoms with Crippen LogP contribution in [0.15, 0.2) is 48.5 Å². The lowest BCUT2D eigenvalue weighted by atomic mass is 9.98. The van der Waals surface area contributed by atoms with Crippen LogP contribution in [0.25, 0.3) is 11.1 Å². The molecule has 33 heavy (non-hydrogen) atoms. The number of alkyl carbamates (subject to hydrolysis) is 1. The van der Waals surface area contributed by atoms with Crippen molar-refractivity contribution in [2.45, 2.75) is 30.9 Å². The maximum absolute atomic E-state index is 13.1. The normalized spacial score (nSPS) is 20.5. The van der Waals surface area contributed by atoms with Gasteiger partial charge in [0, 0.05) is 12.5 Å². The van der Waals surface area contributed by atoms with Gasteiger partial charge in [0.05, 0.1) is 13.2 Å². The quantitative estimate of drug-likeness (QED) is 0.701. The number of fused-ring (bicyclic) bond motifs is 3. The van der Waals surface area contributed by atoms with Crippen LogP contribution in [-0.2, 0) is 19.1 Å². The molecule has 2 atom stereocenters. The van der Waals surface area contributed by atoms with E-state index in [4.69, 9.17) is 9.47 Å². The van der Waals surface area contributed by atoms with Gasteiger partial charge in [-0.05, 0) is 41.0 Å². The number of amides is 2. The maximum Gasteiger partial charge on any atom is 0.407 e. The van der Waals surface area contributed by atoms with Crippen molar-refractivity contribution < 1.29 is 29.0 Å². The first-order chi connectivity index (χ1) is 16.0. The number of carbonyl (C=O) groups is 3. The SMILES string of the molecule is O=C(NC(C(=O)N1CCOC(C(=O)O)C1)C1CC1)OCC1c2ccccc2-c2ccccc21. The van der Waals surface area contributed by atoms with Gasteiger partial charge in [-0.2, -0.15) is 0 Å². The van der Waals surface area contributed by atoms with E-state index in [1.54, 1.807) is 0 Å². The van der Waals surface area contributed by atoms with Crippen LogP contribution >= 0.6 is 0 Å². The fourth-order valence-electron chi connectivity index (χ4n) is 4.77. The molecule has 5 rings (SSSR count). The number of morpholine rings is 1. The predicted molar refractivity (Wildman–Crippen MR) is 119 cm³/mol. The van der Waals surface area contributed by atoms with E-state index >= 15 is 0 Å². The van der Waals surface area contributed by atoms with Gasteiger partial charge in [-0.15, -0.1) is 0 Å². The number of aliphatic carboxylic acids is 1. The van der Waals surface area contributed by atoms with Crippen molar-refractivity contribution in [2.24, 2.45) is 5.92 Å². The average molecular weight is 450 g/mol. The molecule has 1 saturated carbocycles. The Morgan fingerprint density at radius 3 is 2.30 bits per heavy atom. The molecule has 3 aliphatic rings. The second kappa shape index (κ2) is 8.86. The van der Waals surface area contributed by atoms with Gasteiger partial charge < -0.3 is 24.8 Å². The molecule has 2 aromatic carbocycles. The molecule has 1 heterocycles. The Morgan fingerprint density at radius 2 is 1.70 bits per heavy atom. The molecule has 1 aliphatic heterocycles. The molecule has 2 aliphatic carbocycles. The monoisotopic (exact) mass is 450 g/mol. The number of benzene rings is 2. The molecule has 8 nitrogen and oxygen atoms in total. The number of rotatable bonds is 6. The highest BCUT2D eigenvalue weighted by molar-refractivity contribution is 5.87. The number of hydrogen-bond donors (Lipinski definition) is 2. The van der Waals surface area contributed by atoms with Gasteiger partial charge in [-0.3, -0.25) is 4.79 Å². The van der Waals surface area contributed by atoms with Crippen molar-refractivity contribution in [1.29, 1.82) is 0 Å². The summed E-state index contributed by atoms with van der Waals surface area (Å²) in [6.45, 7) is 0.608. The van der Waals surface area contributed by atoms with E-state index in [1.807, 2.05) is 24.3 Å². The highest BCUT2D eigenvalue weighted by Crippen LogP contribution is 2.44. The Kier molecular flexibility index (Phi) is 5.76. The zero-order valence-electron chi connectivity index (χ0n) is 18.1. The Hall–Kier alpha value is -3.39. The number of nitrogens with zero attached hydrogens (tertiary/aromatic N) is 1. The summed E-state index contributed by atoms with van der Waals surface area (Å²) in [7, 11) is 0. The first-order valence-corrected chi connectivity index (χ1v) is 11.3. The van der Waals surface area contributed by atoms with Gasteiger partial charge in [0.15, 0.2) is 6.10 Å². The maximum atomic E-state index is 13.1. The van der Waals surface area contributed by atoms with E-state index < -0.39 is 24.2 Å². The van der Waals surface area contributed by atoms with E-state index in [0.717, 1.165) is 35.1 Å². The number of carboxylic acid groups (broad SMARTS) is 1. The Morgan fingerprint density at radius 1 is 1.06 bits per heavy atom. The standard InChI is InChI=1S/C25H26N2O6/c28-23(27-11-12-32-21(13-27)24(29)30)22(15-9-10-15)26-25(31)33-14-20-18-7-3-1-5-16(18)17-6-2-4-8-19(17)20/h1-8,15,20-22H,9-14H2,(H,26,31)(H,29,30). The molecule has 0 aromatic heterocycles. The first kappa shape index (κ1) is 21.5. The van der Waals surface area contributed by atoms with Gasteiger partial charge >= 0.3 is 12.1 Å². The average Bonchev–Trinajstić information content (AvgIpc) is 3.63. The van der Waals surface area contributed by atoms with Gasteiger partial charge in [0.2, 0.25) is 5.91 Å². The number of nitrogens with one attached hydrogen (secondary N) is 1. The van der Waals surface area contributed by atoms with Crippen molar-refractivity contribution in [3.63, 3.8) is 0 Å². The zero-order valence-corrected chi connectivity index (χ0v) is 18.1. The lowest BCUT2D eigenvalue weighted by Gasteiger charge is -2.33. The fraction of sp³-hybridized carbons (Fsp3) is 0.400. The molecule has 0 spiro atoms. The lowest BCUT2D eigenvalue weighted by Crippen LogP contribution is -2.55. The van der Waals surface area contributed by atoms with Crippen molar-refractivity contribution in [3.05, 3.63) is 59.7 Å². The van der Waals surface area contributed by atoms with Gasteiger partial charge in [0.1, 0.15) is 12.6 Å². The molecule has 2 fully saturated rings. The van der Waals surface area contributed by atoms with E-state index in [1.165, 1.54) is 4.90 Å². The third-order valence-corrected chi connectivity index (χ3v) is 6.63. The minimum absolute atomic E-state index is 0.0241. The summed E-state index contributed by atoms with van der Waals surface area (Å²) >= 11 is 0. The molecule has 2 N–H and O–H groups in total. The number of ether oxygens (including phenoxy) is 2. The molecular weight excluding hydrogens is 424 g/mol. The minimum atomic E-state index is -1.10. The predicted octanol–water partition coefficient (Wildman–Crippen LogP) is 2.62. The van der Waals surface area contributed by atoms with E-state index in [0.29, 0.717) is 6.54 Å². The van der Waals surface area contributed by atoms with Crippen molar-refractivity contribution in [1.82, 2.24) is 10.2 Å². The van der Waals surface area contributed by atoms with Crippen LogP contribution in [0.4, 0.5) is 4.79 Å². The number of carbonyl (C=O) groups excluding carboxylic acids is 2. The largest absolute Gasteiger partial charge is 0.479 e. The third-order valence-electron chi connectivity index (χ3n) is 6.63. The Bertz CT molecular complexity index is 1040. The van der Waals surface area contributed by atoms with Crippen LogP contribution in [0.5, 0.6) is 0 Å². The van der Waals surface area contributed by atoms with Gasteiger partial charge in [0.25, 0.3) is 0 Å². The summed E-state index contributed by atoms with van der Waals surface area (Å²) in [5.41, 5.74) is 4.53. The highest BCUT2D eigenvalue weighted by Gasteiger charge is 2.41. The zero-order chi connectivity index (χ0) is 22.9. The van der Waals surface area contributed by atoms with Crippen LogP contribution in [0.1, 0.15) is 29.9 Å². The summed E-state index contributed by atoms with van der Waals surface area (Å²) in [6.07, 6.45) is 0.00153. The third kappa shape index (κ3) is 4.30. The topological polar surface area (TPSA) is 105 Å². The van der Waals surface area contributed by atoms with E-state index in [9.17, 15) is 19.5 Å². The highest BCUT2D eigenvalue weighted by atomic mass is 16.5. The number of hydrogen-bond acceptors (Lipinski definition) is 5. The molecule has 8 heteroatoms. The van der Waals surface area contributed by atoms with Crippen LogP contribution in [-0.4, -0.2) is 66.4 Å². The molecular formula is C25H26N2O6. The van der Waals surface area contributed by atoms with Crippen molar-refractivity contribution >= 4 is 18.0 Å². The van der Waals surface area contributed by atoms with E-state index in [-0.39, 0.29) is 37.5 Å². The second-order valence-electron chi connectivity index (χ2n) is 8.77. The Balaban J connectivity index is 1.24. The lowest BCUT2D eigenvalue weighted by molar-refractivity contribution is -0.160. The second-order valence-corrected chi connectivity index (χ2v) is 8.77. The van der Waals surface area contributed by atoms with E-state index in [2.05, 4.69) is 29.6 Å². The first-order valence-electron chi connectivity index (χ1n) is 11.3. The Labute approximate surface area is 191 Å². The van der Waals surface area contributed by atoms with Crippen LogP contribution in [0.2, 0.25) is 0 Å². The summed E-state index contributed by atoms with van der Waals surface area (Å²) < 4.78 is 10.8. The summed E-state index contributed by atoms with van der Waals surface area (Å²) in [5, 5.41) is 12.0. The molecule has 0 radical (unpaired) electrons. The molecule has 2 aromatic rings. The molecule has 0 bridgehead atoms. The fourth-order valence-corrected chi connectivity index (χ4v) is 4.77. The van der Waals surface area contributed by atoms with Crippen molar-refractivity contribution in [2.75, 3.05) is 26.3 Å². The molecule has 1 saturated heterocycles. The summed E-state index contributed by atoms with van der Waals surface area (Å²) in [6, 6.07) is 15.5. The van der Waals surface area contributed by atoms with Crippen molar-refractivity contribution in [3.8, 4) is 11.1 Å². The molecule has 2 unspecified atom stereocenters. The summed E-state index contributed by atoms with van der Waals surface area (Å²) in [4.78, 5) is 38.5. The van der Waals surface area contributed by atoms with Crippen LogP contribution < -0.4 is 5.32 Å². The smallest absolute Gasteiger partial charge is 0.407 e. The minimum Gasteiger partial charge on any atom is -0.479 e. The molecule has 2 amide bonds. The van der Waals surface area contributed by atoms with Gasteiger partial charge in [-0.1, -0.05) is 48.5 Å². The molecule has 172 valence electrons. The van der Waals surface area contributed by atoms with Crippen LogP contribution in [0.3, 0.4) is 0 Å². The summed E-state index contributed by atoms with van der Waals surface area (Å²) in [5.74, 6) is -1.39. The van der Waals surface area contributed by atoms with Gasteiger partial charge in [-0.25, -0.2) is 9.59 Å². The van der Waals surface area contributed by atoms with Crippen LogP contribution in [0, 0.1) is 5.92 Å². The number of carboxylic acids is 1.